The first-order chi connectivity index (χ1) is 14.3. The van der Waals surface area contributed by atoms with Crippen LogP contribution in [0.2, 0.25) is 0 Å². The Morgan fingerprint density at radius 2 is 1.77 bits per heavy atom. The maximum absolute atomic E-state index is 12.7. The molecule has 1 atom stereocenters. The lowest BCUT2D eigenvalue weighted by molar-refractivity contribution is -0.163. The average molecular weight is 431 g/mol. The maximum Gasteiger partial charge on any atom is 0.407 e. The van der Waals surface area contributed by atoms with Crippen LogP contribution in [0.5, 0.6) is 0 Å². The molecule has 0 spiro atoms. The van der Waals surface area contributed by atoms with Gasteiger partial charge in [-0.2, -0.15) is 0 Å². The third kappa shape index (κ3) is 9.62. The zero-order valence-corrected chi connectivity index (χ0v) is 19.0. The summed E-state index contributed by atoms with van der Waals surface area (Å²) in [5, 5.41) is 21.1. The minimum Gasteiger partial charge on any atom is -0.465 e. The third-order valence-electron chi connectivity index (χ3n) is 5.76. The number of hydrogen-bond donors (Lipinski definition) is 3. The number of esters is 1. The molecule has 0 aliphatic carbocycles. The molecule has 1 aliphatic rings. The van der Waals surface area contributed by atoms with Crippen LogP contribution in [0.25, 0.3) is 0 Å². The van der Waals surface area contributed by atoms with Gasteiger partial charge in [0.15, 0.2) is 0 Å². The van der Waals surface area contributed by atoms with Crippen LogP contribution in [0.4, 0.5) is 4.79 Å². The number of amides is 1. The van der Waals surface area contributed by atoms with Crippen molar-refractivity contribution in [2.45, 2.75) is 71.8 Å². The van der Waals surface area contributed by atoms with Crippen LogP contribution in [-0.2, 0) is 14.3 Å². The third-order valence-corrected chi connectivity index (χ3v) is 5.76. The summed E-state index contributed by atoms with van der Waals surface area (Å²) in [6.07, 6.45) is 5.90. The molecule has 30 heavy (non-hydrogen) atoms. The van der Waals surface area contributed by atoms with Crippen molar-refractivity contribution in [3.8, 4) is 0 Å². The van der Waals surface area contributed by atoms with E-state index >= 15 is 0 Å². The molecule has 8 nitrogen and oxygen atoms in total. The van der Waals surface area contributed by atoms with E-state index in [1.807, 2.05) is 0 Å². The van der Waals surface area contributed by atoms with E-state index in [1.54, 1.807) is 13.8 Å². The Morgan fingerprint density at radius 3 is 2.37 bits per heavy atom. The van der Waals surface area contributed by atoms with Crippen LogP contribution in [0.1, 0.15) is 65.7 Å². The van der Waals surface area contributed by atoms with E-state index in [-0.39, 0.29) is 19.8 Å². The predicted octanol–water partition coefficient (Wildman–Crippen LogP) is 2.32. The topological polar surface area (TPSA) is 108 Å². The maximum atomic E-state index is 12.7. The van der Waals surface area contributed by atoms with Gasteiger partial charge in [-0.05, 0) is 52.6 Å². The van der Waals surface area contributed by atoms with Crippen molar-refractivity contribution in [3.63, 3.8) is 0 Å². The number of nitrogens with zero attached hydrogens (tertiary/aromatic N) is 1. The molecule has 1 amide bonds. The monoisotopic (exact) mass is 430 g/mol. The van der Waals surface area contributed by atoms with Crippen molar-refractivity contribution in [2.75, 3.05) is 46.0 Å². The van der Waals surface area contributed by atoms with Gasteiger partial charge in [-0.1, -0.05) is 26.2 Å². The molecule has 1 saturated heterocycles. The van der Waals surface area contributed by atoms with E-state index in [4.69, 9.17) is 19.7 Å². The molecule has 1 rings (SSSR count). The Balaban J connectivity index is 2.61. The zero-order valence-electron chi connectivity index (χ0n) is 19.0. The molecule has 176 valence electrons. The molecular formula is C22H42N2O6. The normalized spacial score (nSPS) is 15.9. The van der Waals surface area contributed by atoms with Crippen LogP contribution < -0.4 is 5.32 Å². The largest absolute Gasteiger partial charge is 0.465 e. The smallest absolute Gasteiger partial charge is 0.407 e. The van der Waals surface area contributed by atoms with Crippen molar-refractivity contribution in [2.24, 2.45) is 11.3 Å². The van der Waals surface area contributed by atoms with Gasteiger partial charge in [0.2, 0.25) is 0 Å². The Morgan fingerprint density at radius 1 is 1.10 bits per heavy atom. The summed E-state index contributed by atoms with van der Waals surface area (Å²) >= 11 is 0. The highest BCUT2D eigenvalue weighted by atomic mass is 16.6. The molecule has 0 aromatic rings. The van der Waals surface area contributed by atoms with Crippen molar-refractivity contribution < 1.29 is 29.3 Å². The number of unbranched alkanes of at least 4 members (excludes halogenated alkanes) is 3. The fourth-order valence-corrected chi connectivity index (χ4v) is 3.49. The van der Waals surface area contributed by atoms with Gasteiger partial charge in [0.1, 0.15) is 6.10 Å². The van der Waals surface area contributed by atoms with Gasteiger partial charge in [0.25, 0.3) is 0 Å². The van der Waals surface area contributed by atoms with E-state index in [0.29, 0.717) is 13.0 Å². The molecular weight excluding hydrogens is 388 g/mol. The lowest BCUT2D eigenvalue weighted by atomic mass is 9.83. The van der Waals surface area contributed by atoms with E-state index in [9.17, 15) is 9.59 Å². The highest BCUT2D eigenvalue weighted by Crippen LogP contribution is 2.30. The fourth-order valence-electron chi connectivity index (χ4n) is 3.49. The van der Waals surface area contributed by atoms with E-state index < -0.39 is 29.5 Å². The second kappa shape index (κ2) is 14.6. The first-order valence-electron chi connectivity index (χ1n) is 11.4. The Bertz CT molecular complexity index is 490. The summed E-state index contributed by atoms with van der Waals surface area (Å²) in [7, 11) is 0. The van der Waals surface area contributed by atoms with Crippen molar-refractivity contribution in [1.29, 1.82) is 0 Å². The summed E-state index contributed by atoms with van der Waals surface area (Å²) in [5.74, 6) is -1.01. The number of ether oxygens (including phenoxy) is 2. The predicted molar refractivity (Wildman–Crippen MR) is 115 cm³/mol. The fraction of sp³-hybridized carbons (Fsp3) is 0.909. The molecule has 0 radical (unpaired) electrons. The standard InChI is InChI=1S/C22H42N2O6/c1-4-5-6-7-10-19(22(2,3)20(27)29-17-18(15-25)16-26)30-21(28)23-11-14-24-12-8-9-13-24/h18-19,25-26H,4-17H2,1-3H3,(H,23,28). The summed E-state index contributed by atoms with van der Waals surface area (Å²) < 4.78 is 11.0. The number of likely N-dealkylation sites (tertiary alicyclic amines) is 1. The SMILES string of the molecule is CCCCCCC(OC(=O)NCCN1CCCC1)C(C)(C)C(=O)OCC(CO)CO. The lowest BCUT2D eigenvalue weighted by Crippen LogP contribution is -2.44. The number of aliphatic hydroxyl groups excluding tert-OH is 2. The lowest BCUT2D eigenvalue weighted by Gasteiger charge is -2.32. The van der Waals surface area contributed by atoms with Gasteiger partial charge >= 0.3 is 12.1 Å². The molecule has 3 N–H and O–H groups in total. The molecule has 1 aliphatic heterocycles. The highest BCUT2D eigenvalue weighted by Gasteiger charge is 2.41. The minimum atomic E-state index is -1.03. The minimum absolute atomic E-state index is 0.0696. The molecule has 0 aromatic heterocycles. The Kier molecular flexibility index (Phi) is 13.0. The molecule has 1 unspecified atom stereocenters. The van der Waals surface area contributed by atoms with Gasteiger partial charge in [-0.15, -0.1) is 0 Å². The van der Waals surface area contributed by atoms with E-state index in [2.05, 4.69) is 17.1 Å². The van der Waals surface area contributed by atoms with Crippen LogP contribution in [0.3, 0.4) is 0 Å². The quantitative estimate of drug-likeness (QED) is 0.270. The number of rotatable bonds is 15. The summed E-state index contributed by atoms with van der Waals surface area (Å²) in [5.41, 5.74) is -1.03. The van der Waals surface area contributed by atoms with Crippen molar-refractivity contribution >= 4 is 12.1 Å². The van der Waals surface area contributed by atoms with Crippen molar-refractivity contribution in [3.05, 3.63) is 0 Å². The summed E-state index contributed by atoms with van der Waals surface area (Å²) in [6.45, 7) is 8.40. The highest BCUT2D eigenvalue weighted by molar-refractivity contribution is 5.77. The second-order valence-electron chi connectivity index (χ2n) is 8.77. The van der Waals surface area contributed by atoms with Crippen LogP contribution in [0, 0.1) is 11.3 Å². The second-order valence-corrected chi connectivity index (χ2v) is 8.77. The summed E-state index contributed by atoms with van der Waals surface area (Å²) in [6, 6.07) is 0. The van der Waals surface area contributed by atoms with E-state index in [0.717, 1.165) is 45.3 Å². The number of carbonyl (C=O) groups is 2. The van der Waals surface area contributed by atoms with Gasteiger partial charge < -0.3 is 29.9 Å². The Hall–Kier alpha value is -1.38. The molecule has 1 fully saturated rings. The van der Waals surface area contributed by atoms with E-state index in [1.165, 1.54) is 12.8 Å². The Labute approximate surface area is 181 Å². The number of carbonyl (C=O) groups excluding carboxylic acids is 2. The van der Waals surface area contributed by atoms with Gasteiger partial charge in [0.05, 0.1) is 25.2 Å². The van der Waals surface area contributed by atoms with Crippen molar-refractivity contribution in [1.82, 2.24) is 10.2 Å². The zero-order chi connectivity index (χ0) is 22.4. The van der Waals surface area contributed by atoms with Crippen LogP contribution in [-0.4, -0.2) is 79.3 Å². The molecule has 8 heteroatoms. The number of alkyl carbamates (subject to hydrolysis) is 1. The molecule has 0 aromatic carbocycles. The molecule has 1 heterocycles. The van der Waals surface area contributed by atoms with Gasteiger partial charge in [-0.25, -0.2) is 4.79 Å². The van der Waals surface area contributed by atoms with Gasteiger partial charge in [-0.3, -0.25) is 4.79 Å². The number of nitrogens with one attached hydrogen (secondary N) is 1. The summed E-state index contributed by atoms with van der Waals surface area (Å²) in [4.78, 5) is 27.4. The first kappa shape index (κ1) is 26.7. The van der Waals surface area contributed by atoms with Crippen LogP contribution >= 0.6 is 0 Å². The molecule has 0 bridgehead atoms. The number of aliphatic hydroxyl groups is 2. The first-order valence-corrected chi connectivity index (χ1v) is 11.4. The van der Waals surface area contributed by atoms with Gasteiger partial charge in [0, 0.05) is 19.0 Å². The molecule has 0 saturated carbocycles. The van der Waals surface area contributed by atoms with Crippen LogP contribution in [0.15, 0.2) is 0 Å². The number of hydrogen-bond acceptors (Lipinski definition) is 7. The average Bonchev–Trinajstić information content (AvgIpc) is 3.24.